The molecule has 26 heavy (non-hydrogen) atoms. The Hall–Kier alpha value is -2.62. The maximum atomic E-state index is 12.4. The van der Waals surface area contributed by atoms with Gasteiger partial charge in [0.2, 0.25) is 0 Å². The number of ether oxygens (including phenoxy) is 2. The minimum Gasteiger partial charge on any atom is -0.458 e. The van der Waals surface area contributed by atoms with Crippen molar-refractivity contribution in [3.63, 3.8) is 0 Å². The van der Waals surface area contributed by atoms with Crippen LogP contribution in [0.1, 0.15) is 54.8 Å². The molecule has 0 spiro atoms. The van der Waals surface area contributed by atoms with Crippen LogP contribution in [-0.4, -0.2) is 23.6 Å². The van der Waals surface area contributed by atoms with Gasteiger partial charge in [0.25, 0.3) is 0 Å². The SMILES string of the molecule is CCC(OC(=O)c1ccccc1)C(C)C(C)(C)OC(=O)c1ccccc1. The first-order valence-corrected chi connectivity index (χ1v) is 8.89. The molecule has 2 aromatic carbocycles. The Morgan fingerprint density at radius 2 is 1.35 bits per heavy atom. The zero-order valence-corrected chi connectivity index (χ0v) is 15.8. The summed E-state index contributed by atoms with van der Waals surface area (Å²) in [5.74, 6) is -0.922. The van der Waals surface area contributed by atoms with Crippen molar-refractivity contribution in [3.05, 3.63) is 71.8 Å². The van der Waals surface area contributed by atoms with Crippen molar-refractivity contribution in [1.82, 2.24) is 0 Å². The van der Waals surface area contributed by atoms with E-state index >= 15 is 0 Å². The highest BCUT2D eigenvalue weighted by Crippen LogP contribution is 2.29. The molecule has 0 aliphatic heterocycles. The second-order valence-electron chi connectivity index (χ2n) is 6.87. The number of carbonyl (C=O) groups is 2. The van der Waals surface area contributed by atoms with Gasteiger partial charge in [0.05, 0.1) is 11.1 Å². The van der Waals surface area contributed by atoms with E-state index in [0.717, 1.165) is 0 Å². The molecule has 4 heteroatoms. The van der Waals surface area contributed by atoms with E-state index in [4.69, 9.17) is 9.47 Å². The lowest BCUT2D eigenvalue weighted by Gasteiger charge is -2.36. The molecule has 0 N–H and O–H groups in total. The molecule has 2 atom stereocenters. The highest BCUT2D eigenvalue weighted by molar-refractivity contribution is 5.90. The van der Waals surface area contributed by atoms with Gasteiger partial charge >= 0.3 is 11.9 Å². The van der Waals surface area contributed by atoms with Crippen LogP contribution in [0.2, 0.25) is 0 Å². The van der Waals surface area contributed by atoms with Crippen LogP contribution in [-0.2, 0) is 9.47 Å². The third-order valence-corrected chi connectivity index (χ3v) is 4.69. The molecular weight excluding hydrogens is 328 g/mol. The average molecular weight is 354 g/mol. The highest BCUT2D eigenvalue weighted by Gasteiger charge is 2.37. The van der Waals surface area contributed by atoms with Crippen LogP contribution in [0, 0.1) is 5.92 Å². The molecule has 4 nitrogen and oxygen atoms in total. The lowest BCUT2D eigenvalue weighted by atomic mass is 9.86. The van der Waals surface area contributed by atoms with Gasteiger partial charge in [0, 0.05) is 5.92 Å². The van der Waals surface area contributed by atoms with Crippen molar-refractivity contribution in [3.8, 4) is 0 Å². The van der Waals surface area contributed by atoms with Crippen molar-refractivity contribution >= 4 is 11.9 Å². The fourth-order valence-electron chi connectivity index (χ4n) is 2.73. The van der Waals surface area contributed by atoms with E-state index in [1.165, 1.54) is 0 Å². The van der Waals surface area contributed by atoms with E-state index in [2.05, 4.69) is 0 Å². The fourth-order valence-corrected chi connectivity index (χ4v) is 2.73. The normalized spacial score (nSPS) is 13.5. The van der Waals surface area contributed by atoms with Crippen molar-refractivity contribution in [2.24, 2.45) is 5.92 Å². The molecule has 0 radical (unpaired) electrons. The predicted molar refractivity (Wildman–Crippen MR) is 101 cm³/mol. The summed E-state index contributed by atoms with van der Waals surface area (Å²) in [6.45, 7) is 7.58. The monoisotopic (exact) mass is 354 g/mol. The van der Waals surface area contributed by atoms with Crippen molar-refractivity contribution in [2.45, 2.75) is 45.8 Å². The Morgan fingerprint density at radius 3 is 1.81 bits per heavy atom. The maximum Gasteiger partial charge on any atom is 0.338 e. The lowest BCUT2D eigenvalue weighted by Crippen LogP contribution is -2.43. The van der Waals surface area contributed by atoms with Crippen LogP contribution in [0.15, 0.2) is 60.7 Å². The molecule has 0 amide bonds. The van der Waals surface area contributed by atoms with E-state index in [0.29, 0.717) is 17.5 Å². The van der Waals surface area contributed by atoms with Gasteiger partial charge in [0.15, 0.2) is 0 Å². The van der Waals surface area contributed by atoms with E-state index in [1.807, 2.05) is 39.8 Å². The standard InChI is InChI=1S/C22H26O4/c1-5-19(25-20(23)17-12-8-6-9-13-17)16(2)22(3,4)26-21(24)18-14-10-7-11-15-18/h6-16,19H,5H2,1-4H3. The Morgan fingerprint density at radius 1 is 0.885 bits per heavy atom. The van der Waals surface area contributed by atoms with Crippen LogP contribution >= 0.6 is 0 Å². The maximum absolute atomic E-state index is 12.4. The average Bonchev–Trinajstić information content (AvgIpc) is 2.66. The summed E-state index contributed by atoms with van der Waals surface area (Å²) in [5, 5.41) is 0. The topological polar surface area (TPSA) is 52.6 Å². The molecule has 2 rings (SSSR count). The Labute approximate surface area is 155 Å². The smallest absolute Gasteiger partial charge is 0.338 e. The summed E-state index contributed by atoms with van der Waals surface area (Å²) >= 11 is 0. The molecule has 0 aromatic heterocycles. The van der Waals surface area contributed by atoms with Gasteiger partial charge < -0.3 is 9.47 Å². The van der Waals surface area contributed by atoms with E-state index < -0.39 is 5.60 Å². The quantitative estimate of drug-likeness (QED) is 0.664. The molecule has 0 aliphatic carbocycles. The molecule has 2 aromatic rings. The second-order valence-corrected chi connectivity index (χ2v) is 6.87. The first-order valence-electron chi connectivity index (χ1n) is 8.89. The molecule has 0 fully saturated rings. The molecule has 0 bridgehead atoms. The number of hydrogen-bond donors (Lipinski definition) is 0. The van der Waals surface area contributed by atoms with Crippen LogP contribution in [0.3, 0.4) is 0 Å². The van der Waals surface area contributed by atoms with Crippen molar-refractivity contribution in [2.75, 3.05) is 0 Å². The Kier molecular flexibility index (Phi) is 6.56. The van der Waals surface area contributed by atoms with Gasteiger partial charge in [-0.2, -0.15) is 0 Å². The van der Waals surface area contributed by atoms with Gasteiger partial charge in [0.1, 0.15) is 11.7 Å². The number of benzene rings is 2. The van der Waals surface area contributed by atoms with Gasteiger partial charge in [-0.15, -0.1) is 0 Å². The van der Waals surface area contributed by atoms with Crippen LogP contribution in [0.25, 0.3) is 0 Å². The molecule has 0 heterocycles. The fraction of sp³-hybridized carbons (Fsp3) is 0.364. The Balaban J connectivity index is 2.06. The minimum atomic E-state index is -0.787. The number of hydrogen-bond acceptors (Lipinski definition) is 4. The molecule has 0 saturated carbocycles. The first-order chi connectivity index (χ1) is 12.3. The van der Waals surface area contributed by atoms with E-state index in [9.17, 15) is 9.59 Å². The van der Waals surface area contributed by atoms with Crippen LogP contribution in [0.4, 0.5) is 0 Å². The summed E-state index contributed by atoms with van der Waals surface area (Å²) in [6, 6.07) is 17.8. The molecule has 138 valence electrons. The largest absolute Gasteiger partial charge is 0.458 e. The zero-order valence-electron chi connectivity index (χ0n) is 15.8. The Bertz CT molecular complexity index is 722. The van der Waals surface area contributed by atoms with Crippen molar-refractivity contribution in [1.29, 1.82) is 0 Å². The molecule has 2 unspecified atom stereocenters. The van der Waals surface area contributed by atoms with Crippen LogP contribution < -0.4 is 0 Å². The van der Waals surface area contributed by atoms with E-state index in [1.54, 1.807) is 48.5 Å². The summed E-state index contributed by atoms with van der Waals surface area (Å²) in [7, 11) is 0. The van der Waals surface area contributed by atoms with Gasteiger partial charge in [-0.05, 0) is 44.5 Å². The molecular formula is C22H26O4. The second kappa shape index (κ2) is 8.65. The molecule has 0 saturated heterocycles. The number of rotatable bonds is 7. The summed E-state index contributed by atoms with van der Waals surface area (Å²) in [4.78, 5) is 24.7. The summed E-state index contributed by atoms with van der Waals surface area (Å²) in [6.07, 6.45) is 0.271. The summed E-state index contributed by atoms with van der Waals surface area (Å²) in [5.41, 5.74) is 0.226. The first kappa shape index (κ1) is 19.7. The van der Waals surface area contributed by atoms with Gasteiger partial charge in [-0.25, -0.2) is 9.59 Å². The van der Waals surface area contributed by atoms with Crippen LogP contribution in [0.5, 0.6) is 0 Å². The minimum absolute atomic E-state index is 0.173. The zero-order chi connectivity index (χ0) is 19.2. The summed E-state index contributed by atoms with van der Waals surface area (Å²) < 4.78 is 11.4. The third-order valence-electron chi connectivity index (χ3n) is 4.69. The third kappa shape index (κ3) is 4.94. The number of esters is 2. The molecule has 0 aliphatic rings. The van der Waals surface area contributed by atoms with Gasteiger partial charge in [-0.3, -0.25) is 0 Å². The lowest BCUT2D eigenvalue weighted by molar-refractivity contribution is -0.0675. The van der Waals surface area contributed by atoms with E-state index in [-0.39, 0.29) is 24.0 Å². The highest BCUT2D eigenvalue weighted by atomic mass is 16.6. The van der Waals surface area contributed by atoms with Crippen molar-refractivity contribution < 1.29 is 19.1 Å². The van der Waals surface area contributed by atoms with Gasteiger partial charge in [-0.1, -0.05) is 50.2 Å². The number of carbonyl (C=O) groups excluding carboxylic acids is 2. The predicted octanol–water partition coefficient (Wildman–Crippen LogP) is 4.89.